The third-order valence-corrected chi connectivity index (χ3v) is 5.41. The second kappa shape index (κ2) is 6.32. The third-order valence-electron chi connectivity index (χ3n) is 4.08. The molecule has 6 nitrogen and oxygen atoms in total. The third kappa shape index (κ3) is 2.69. The summed E-state index contributed by atoms with van der Waals surface area (Å²) >= 11 is 1.29. The van der Waals surface area contributed by atoms with Gasteiger partial charge in [-0.05, 0) is 32.9 Å². The van der Waals surface area contributed by atoms with E-state index in [1.165, 1.54) is 11.8 Å². The number of rotatable bonds is 4. The van der Waals surface area contributed by atoms with Crippen LogP contribution in [-0.4, -0.2) is 32.9 Å². The highest BCUT2D eigenvalue weighted by molar-refractivity contribution is 8.02. The second-order valence-electron chi connectivity index (χ2n) is 5.66. The standard InChI is InChI=1S/C17H20N4O2S/c1-4-20-11-10-14(19-20)18-15(22)17(3)16(23)21(5-2)12-8-6-7-9-13(12)24-17/h6-11H,4-5H2,1-3H3,(H,18,19,22). The van der Waals surface area contributed by atoms with E-state index in [-0.39, 0.29) is 11.8 Å². The molecule has 0 bridgehead atoms. The molecule has 1 aliphatic rings. The highest BCUT2D eigenvalue weighted by atomic mass is 32.2. The molecule has 0 saturated heterocycles. The number of aryl methyl sites for hydroxylation is 1. The van der Waals surface area contributed by atoms with Gasteiger partial charge in [0.05, 0.1) is 5.69 Å². The summed E-state index contributed by atoms with van der Waals surface area (Å²) in [5, 5.41) is 7.03. The first kappa shape index (κ1) is 16.6. The van der Waals surface area contributed by atoms with Crippen molar-refractivity contribution >= 4 is 35.1 Å². The van der Waals surface area contributed by atoms with E-state index < -0.39 is 4.75 Å². The van der Waals surface area contributed by atoms with E-state index in [4.69, 9.17) is 0 Å². The minimum absolute atomic E-state index is 0.207. The van der Waals surface area contributed by atoms with E-state index >= 15 is 0 Å². The predicted octanol–water partition coefficient (Wildman–Crippen LogP) is 2.76. The number of thioether (sulfide) groups is 1. The van der Waals surface area contributed by atoms with Crippen molar-refractivity contribution in [2.75, 3.05) is 16.8 Å². The monoisotopic (exact) mass is 344 g/mol. The smallest absolute Gasteiger partial charge is 0.252 e. The summed E-state index contributed by atoms with van der Waals surface area (Å²) < 4.78 is 0.502. The molecule has 2 aromatic rings. The van der Waals surface area contributed by atoms with Gasteiger partial charge in [-0.1, -0.05) is 23.9 Å². The molecular weight excluding hydrogens is 324 g/mol. The first-order valence-electron chi connectivity index (χ1n) is 7.94. The van der Waals surface area contributed by atoms with Gasteiger partial charge in [0.15, 0.2) is 10.6 Å². The number of hydrogen-bond acceptors (Lipinski definition) is 4. The van der Waals surface area contributed by atoms with Gasteiger partial charge in [-0.15, -0.1) is 0 Å². The van der Waals surface area contributed by atoms with Gasteiger partial charge in [0.2, 0.25) is 0 Å². The molecule has 1 N–H and O–H groups in total. The van der Waals surface area contributed by atoms with Crippen LogP contribution in [0.2, 0.25) is 0 Å². The zero-order valence-electron chi connectivity index (χ0n) is 13.9. The van der Waals surface area contributed by atoms with Gasteiger partial charge in [0, 0.05) is 30.2 Å². The molecule has 0 saturated carbocycles. The summed E-state index contributed by atoms with van der Waals surface area (Å²) in [7, 11) is 0. The molecule has 1 aromatic heterocycles. The fraction of sp³-hybridized carbons (Fsp3) is 0.353. The van der Waals surface area contributed by atoms with Gasteiger partial charge in [0.1, 0.15) is 0 Å². The van der Waals surface area contributed by atoms with Gasteiger partial charge in [-0.3, -0.25) is 14.3 Å². The summed E-state index contributed by atoms with van der Waals surface area (Å²) in [5.74, 6) is -0.105. The van der Waals surface area contributed by atoms with E-state index in [9.17, 15) is 9.59 Å². The highest BCUT2D eigenvalue weighted by Gasteiger charge is 2.49. The Morgan fingerprint density at radius 2 is 2.00 bits per heavy atom. The average molecular weight is 344 g/mol. The van der Waals surface area contributed by atoms with Crippen LogP contribution in [0.3, 0.4) is 0 Å². The van der Waals surface area contributed by atoms with Crippen LogP contribution in [-0.2, 0) is 16.1 Å². The molecule has 0 radical (unpaired) electrons. The molecule has 1 aliphatic heterocycles. The molecule has 24 heavy (non-hydrogen) atoms. The largest absolute Gasteiger partial charge is 0.310 e. The SMILES string of the molecule is CCN1C(=O)C(C)(C(=O)Nc2ccn(CC)n2)Sc2ccccc21. The van der Waals surface area contributed by atoms with Crippen molar-refractivity contribution in [2.45, 2.75) is 37.0 Å². The van der Waals surface area contributed by atoms with Crippen molar-refractivity contribution in [1.29, 1.82) is 0 Å². The van der Waals surface area contributed by atoms with Crippen LogP contribution in [0.1, 0.15) is 20.8 Å². The molecule has 2 amide bonds. The fourth-order valence-corrected chi connectivity index (χ4v) is 3.90. The number of amides is 2. The second-order valence-corrected chi connectivity index (χ2v) is 7.12. The van der Waals surface area contributed by atoms with Crippen molar-refractivity contribution in [1.82, 2.24) is 9.78 Å². The average Bonchev–Trinajstić information content (AvgIpc) is 3.03. The number of aromatic nitrogens is 2. The Morgan fingerprint density at radius 1 is 1.25 bits per heavy atom. The molecule has 126 valence electrons. The number of carbonyl (C=O) groups is 2. The molecule has 1 unspecified atom stereocenters. The van der Waals surface area contributed by atoms with Crippen molar-refractivity contribution < 1.29 is 9.59 Å². The lowest BCUT2D eigenvalue weighted by atomic mass is 10.1. The number of nitrogens with one attached hydrogen (secondary N) is 1. The number of hydrogen-bond donors (Lipinski definition) is 1. The number of carbonyl (C=O) groups excluding carboxylic acids is 2. The molecule has 7 heteroatoms. The van der Waals surface area contributed by atoms with Crippen LogP contribution in [0.4, 0.5) is 11.5 Å². The van der Waals surface area contributed by atoms with Crippen molar-refractivity contribution in [3.8, 4) is 0 Å². The fourth-order valence-electron chi connectivity index (χ4n) is 2.69. The van der Waals surface area contributed by atoms with E-state index in [0.717, 1.165) is 17.1 Å². The Kier molecular flexibility index (Phi) is 4.36. The zero-order chi connectivity index (χ0) is 17.3. The Morgan fingerprint density at radius 3 is 2.67 bits per heavy atom. The van der Waals surface area contributed by atoms with Gasteiger partial charge in [-0.25, -0.2) is 0 Å². The number of para-hydroxylation sites is 1. The Balaban J connectivity index is 1.91. The van der Waals surface area contributed by atoms with Gasteiger partial charge in [0.25, 0.3) is 11.8 Å². The lowest BCUT2D eigenvalue weighted by Gasteiger charge is -2.38. The lowest BCUT2D eigenvalue weighted by Crippen LogP contribution is -2.54. The van der Waals surface area contributed by atoms with Crippen molar-refractivity contribution in [3.05, 3.63) is 36.5 Å². The van der Waals surface area contributed by atoms with Gasteiger partial charge >= 0.3 is 0 Å². The van der Waals surface area contributed by atoms with Crippen molar-refractivity contribution in [2.24, 2.45) is 0 Å². The maximum Gasteiger partial charge on any atom is 0.252 e. The van der Waals surface area contributed by atoms with E-state index in [0.29, 0.717) is 12.4 Å². The van der Waals surface area contributed by atoms with Crippen LogP contribution in [0, 0.1) is 0 Å². The summed E-state index contributed by atoms with van der Waals surface area (Å²) in [6, 6.07) is 9.39. The quantitative estimate of drug-likeness (QED) is 0.866. The Hall–Kier alpha value is -2.28. The molecule has 2 heterocycles. The minimum Gasteiger partial charge on any atom is -0.310 e. The van der Waals surface area contributed by atoms with Crippen LogP contribution in [0.5, 0.6) is 0 Å². The van der Waals surface area contributed by atoms with Gasteiger partial charge < -0.3 is 10.2 Å². The summed E-state index contributed by atoms with van der Waals surface area (Å²) in [6.45, 7) is 6.79. The van der Waals surface area contributed by atoms with Crippen molar-refractivity contribution in [3.63, 3.8) is 0 Å². The minimum atomic E-state index is -1.22. The van der Waals surface area contributed by atoms with E-state index in [1.54, 1.807) is 28.8 Å². The van der Waals surface area contributed by atoms with Crippen LogP contribution >= 0.6 is 11.8 Å². The molecule has 0 spiro atoms. The zero-order valence-corrected chi connectivity index (χ0v) is 14.8. The summed E-state index contributed by atoms with van der Waals surface area (Å²) in [5.41, 5.74) is 0.857. The predicted molar refractivity (Wildman–Crippen MR) is 95.3 cm³/mol. The number of nitrogens with zero attached hydrogens (tertiary/aromatic N) is 3. The Bertz CT molecular complexity index is 788. The molecule has 0 aliphatic carbocycles. The maximum atomic E-state index is 13.0. The molecule has 1 aromatic carbocycles. The molecular formula is C17H20N4O2S. The lowest BCUT2D eigenvalue weighted by molar-refractivity contribution is -0.128. The highest BCUT2D eigenvalue weighted by Crippen LogP contribution is 2.45. The van der Waals surface area contributed by atoms with E-state index in [1.807, 2.05) is 38.1 Å². The maximum absolute atomic E-state index is 13.0. The number of anilines is 2. The van der Waals surface area contributed by atoms with Crippen LogP contribution in [0.15, 0.2) is 41.4 Å². The normalized spacial score (nSPS) is 20.0. The first-order chi connectivity index (χ1) is 11.5. The van der Waals surface area contributed by atoms with Crippen LogP contribution < -0.4 is 10.2 Å². The van der Waals surface area contributed by atoms with Gasteiger partial charge in [-0.2, -0.15) is 5.10 Å². The molecule has 3 rings (SSSR count). The molecule has 1 atom stereocenters. The number of fused-ring (bicyclic) bond motifs is 1. The first-order valence-corrected chi connectivity index (χ1v) is 8.76. The summed E-state index contributed by atoms with van der Waals surface area (Å²) in [4.78, 5) is 28.4. The van der Waals surface area contributed by atoms with E-state index in [2.05, 4.69) is 10.4 Å². The van der Waals surface area contributed by atoms with Crippen LogP contribution in [0.25, 0.3) is 0 Å². The summed E-state index contributed by atoms with van der Waals surface area (Å²) in [6.07, 6.45) is 1.79. The molecule has 0 fully saturated rings. The Labute approximate surface area is 145 Å². The topological polar surface area (TPSA) is 67.2 Å². The number of benzene rings is 1.